The summed E-state index contributed by atoms with van der Waals surface area (Å²) >= 11 is 9.99. The third-order valence-corrected chi connectivity index (χ3v) is 0.952. The molecule has 0 rings (SSSR count). The summed E-state index contributed by atoms with van der Waals surface area (Å²) in [4.78, 5) is 0. The van der Waals surface area contributed by atoms with E-state index in [1.807, 2.05) is 0 Å². The Hall–Kier alpha value is 0.1000. The van der Waals surface area contributed by atoms with Crippen LogP contribution in [-0.2, 0) is 0 Å². The lowest BCUT2D eigenvalue weighted by Gasteiger charge is -1.83. The molecule has 10 heavy (non-hydrogen) atoms. The Balaban J connectivity index is -0.000000245. The summed E-state index contributed by atoms with van der Waals surface area (Å²) in [5, 5.41) is 19.6. The topological polar surface area (TPSA) is 65.2 Å². The first-order valence-electron chi connectivity index (χ1n) is 1.48. The van der Waals surface area contributed by atoms with Crippen molar-refractivity contribution in [1.82, 2.24) is 0 Å². The van der Waals surface area contributed by atoms with Crippen molar-refractivity contribution in [3.63, 3.8) is 0 Å². The first kappa shape index (κ1) is 16.6. The van der Waals surface area contributed by atoms with Crippen LogP contribution in [0.5, 0.6) is 0 Å². The highest BCUT2D eigenvalue weighted by Gasteiger charge is 2.00. The fourth-order valence-electron chi connectivity index (χ4n) is 0.0825. The van der Waals surface area contributed by atoms with Crippen LogP contribution in [0, 0.1) is 0 Å². The average Bonchev–Trinajstić information content (AvgIpc) is 1.84. The van der Waals surface area contributed by atoms with E-state index < -0.39 is 10.3 Å². The third kappa shape index (κ3) is 6.22. The summed E-state index contributed by atoms with van der Waals surface area (Å²) in [7, 11) is 0. The summed E-state index contributed by atoms with van der Waals surface area (Å²) in [6.07, 6.45) is 0. The zero-order valence-corrected chi connectivity index (χ0v) is 7.51. The molecule has 0 radical (unpaired) electrons. The largest absolute Gasteiger partial charge is 0.410 e. The van der Waals surface area contributed by atoms with Crippen molar-refractivity contribution in [2.75, 3.05) is 0 Å². The van der Waals surface area contributed by atoms with Crippen molar-refractivity contribution < 1.29 is 10.4 Å². The molecule has 0 bridgehead atoms. The Morgan fingerprint density at radius 1 is 0.900 bits per heavy atom. The van der Waals surface area contributed by atoms with Gasteiger partial charge in [-0.2, -0.15) is 0 Å². The molecule has 62 valence electrons. The van der Waals surface area contributed by atoms with Gasteiger partial charge in [-0.1, -0.05) is 33.5 Å². The highest BCUT2D eigenvalue weighted by molar-refractivity contribution is 7.00. The van der Waals surface area contributed by atoms with Crippen molar-refractivity contribution in [2.45, 2.75) is 0 Å². The fourth-order valence-corrected chi connectivity index (χ4v) is 0.158. The maximum Gasteiger partial charge on any atom is 0.208 e. The van der Waals surface area contributed by atoms with Gasteiger partial charge in [0, 0.05) is 0 Å². The van der Waals surface area contributed by atoms with E-state index in [1.54, 1.807) is 0 Å². The lowest BCUT2D eigenvalue weighted by atomic mass is 10.8. The Kier molecular flexibility index (Phi) is 15.1. The molecule has 0 aliphatic heterocycles. The molecule has 0 unspecified atom stereocenters. The Morgan fingerprint density at radius 2 is 1.10 bits per heavy atom. The Bertz CT molecular complexity index is 119. The van der Waals surface area contributed by atoms with Crippen molar-refractivity contribution in [1.29, 1.82) is 0 Å². The molecule has 0 aliphatic carbocycles. The second-order valence-electron chi connectivity index (χ2n) is 0.782. The zero-order chi connectivity index (χ0) is 6.57. The monoisotopic (exact) mass is 228 g/mol. The van der Waals surface area contributed by atoms with Crippen LogP contribution in [0.15, 0.2) is 10.3 Å². The van der Waals surface area contributed by atoms with Crippen molar-refractivity contribution in [3.8, 4) is 0 Å². The molecule has 0 saturated carbocycles. The molecule has 8 heteroatoms. The van der Waals surface area contributed by atoms with Gasteiger partial charge in [0.05, 0.1) is 0 Å². The maximum atomic E-state index is 7.82. The summed E-state index contributed by atoms with van der Waals surface area (Å²) in [6.45, 7) is 0. The molecular weight excluding hydrogens is 226 g/mol. The molecule has 0 aromatic rings. The number of hydrogen-bond donors (Lipinski definition) is 2. The summed E-state index contributed by atoms with van der Waals surface area (Å²) in [5.74, 6) is 0. The predicted molar refractivity (Wildman–Crippen MR) is 44.6 cm³/mol. The Morgan fingerprint density at radius 3 is 1.20 bits per heavy atom. The molecule has 0 spiro atoms. The second kappa shape index (κ2) is 9.10. The van der Waals surface area contributed by atoms with Gasteiger partial charge in [-0.05, 0) is 0 Å². The smallest absolute Gasteiger partial charge is 0.208 e. The van der Waals surface area contributed by atoms with Crippen LogP contribution in [0.1, 0.15) is 0 Å². The second-order valence-corrected chi connectivity index (χ2v) is 1.50. The first-order chi connectivity index (χ1) is 3.72. The van der Waals surface area contributed by atoms with Crippen molar-refractivity contribution in [3.05, 3.63) is 0 Å². The van der Waals surface area contributed by atoms with Crippen LogP contribution < -0.4 is 0 Å². The molecular formula is C2H4Cl4N2O2. The predicted octanol–water partition coefficient (Wildman–Crippen LogP) is 1.88. The van der Waals surface area contributed by atoms with Gasteiger partial charge in [0.2, 0.25) is 10.3 Å². The molecule has 0 atom stereocenters. The SMILES string of the molecule is Cl.Cl.ON=C(Cl)C(Cl)=NO. The summed E-state index contributed by atoms with van der Waals surface area (Å²) in [5.41, 5.74) is 0. The number of oxime groups is 2. The van der Waals surface area contributed by atoms with Gasteiger partial charge in [0.15, 0.2) is 0 Å². The molecule has 0 aliphatic rings. The number of nitrogens with zero attached hydrogens (tertiary/aromatic N) is 2. The lowest BCUT2D eigenvalue weighted by Crippen LogP contribution is -1.97. The van der Waals surface area contributed by atoms with E-state index in [2.05, 4.69) is 10.3 Å². The van der Waals surface area contributed by atoms with Crippen molar-refractivity contribution >= 4 is 58.4 Å². The standard InChI is InChI=1S/C2H2Cl2N2O2.2ClH/c3-1(5-7)2(4)6-8;;/h7-8H;2*1H. The quantitative estimate of drug-likeness (QED) is 0.410. The van der Waals surface area contributed by atoms with E-state index in [4.69, 9.17) is 33.6 Å². The van der Waals surface area contributed by atoms with Gasteiger partial charge in [0.25, 0.3) is 0 Å². The first-order valence-corrected chi connectivity index (χ1v) is 2.23. The van der Waals surface area contributed by atoms with Gasteiger partial charge in [-0.15, -0.1) is 24.8 Å². The lowest BCUT2D eigenvalue weighted by molar-refractivity contribution is 0.316. The normalized spacial score (nSPS) is 11.4. The van der Waals surface area contributed by atoms with Crippen LogP contribution in [0.3, 0.4) is 0 Å². The highest BCUT2D eigenvalue weighted by atomic mass is 35.5. The van der Waals surface area contributed by atoms with Gasteiger partial charge in [-0.25, -0.2) is 0 Å². The molecule has 4 nitrogen and oxygen atoms in total. The van der Waals surface area contributed by atoms with Gasteiger partial charge in [-0.3, -0.25) is 0 Å². The third-order valence-electron chi connectivity index (χ3n) is 0.346. The van der Waals surface area contributed by atoms with Crippen molar-refractivity contribution in [2.24, 2.45) is 10.3 Å². The minimum Gasteiger partial charge on any atom is -0.410 e. The molecule has 0 saturated heterocycles. The highest BCUT2D eigenvalue weighted by Crippen LogP contribution is 1.93. The van der Waals surface area contributed by atoms with Gasteiger partial charge in [0.1, 0.15) is 0 Å². The van der Waals surface area contributed by atoms with E-state index in [0.717, 1.165) is 0 Å². The van der Waals surface area contributed by atoms with Crippen LogP contribution in [0.2, 0.25) is 0 Å². The van der Waals surface area contributed by atoms with E-state index in [1.165, 1.54) is 0 Å². The van der Waals surface area contributed by atoms with E-state index >= 15 is 0 Å². The maximum absolute atomic E-state index is 7.82. The molecule has 0 amide bonds. The van der Waals surface area contributed by atoms with Crippen LogP contribution in [0.25, 0.3) is 0 Å². The molecule has 0 aromatic carbocycles. The van der Waals surface area contributed by atoms with E-state index in [0.29, 0.717) is 0 Å². The van der Waals surface area contributed by atoms with Crippen LogP contribution in [-0.4, -0.2) is 20.8 Å². The number of halogens is 4. The van der Waals surface area contributed by atoms with Crippen LogP contribution in [0.4, 0.5) is 0 Å². The summed E-state index contributed by atoms with van der Waals surface area (Å²) in [6, 6.07) is 0. The average molecular weight is 230 g/mol. The molecule has 0 aromatic heterocycles. The zero-order valence-electron chi connectivity index (χ0n) is 4.36. The Labute approximate surface area is 79.3 Å². The molecule has 0 fully saturated rings. The molecule has 2 N–H and O–H groups in total. The molecule has 0 heterocycles. The minimum absolute atomic E-state index is 0. The fraction of sp³-hybridized carbons (Fsp3) is 0. The van der Waals surface area contributed by atoms with E-state index in [-0.39, 0.29) is 24.8 Å². The summed E-state index contributed by atoms with van der Waals surface area (Å²) < 4.78 is 0. The number of hydrogen-bond acceptors (Lipinski definition) is 4. The van der Waals surface area contributed by atoms with Gasteiger partial charge >= 0.3 is 0 Å². The minimum atomic E-state index is -0.450. The van der Waals surface area contributed by atoms with Crippen LogP contribution >= 0.6 is 48.0 Å². The van der Waals surface area contributed by atoms with E-state index in [9.17, 15) is 0 Å². The number of rotatable bonds is 1. The van der Waals surface area contributed by atoms with Gasteiger partial charge < -0.3 is 10.4 Å².